The Bertz CT molecular complexity index is 522. The van der Waals surface area contributed by atoms with Crippen molar-refractivity contribution in [3.05, 3.63) is 30.1 Å². The van der Waals surface area contributed by atoms with Crippen molar-refractivity contribution in [3.63, 3.8) is 0 Å². The summed E-state index contributed by atoms with van der Waals surface area (Å²) in [6, 6.07) is 3.33. The van der Waals surface area contributed by atoms with E-state index in [0.29, 0.717) is 23.7 Å². The van der Waals surface area contributed by atoms with E-state index in [-0.39, 0.29) is 5.78 Å². The van der Waals surface area contributed by atoms with Gasteiger partial charge in [0.1, 0.15) is 0 Å². The molecule has 0 amide bonds. The van der Waals surface area contributed by atoms with Gasteiger partial charge in [-0.15, -0.1) is 4.80 Å². The van der Waals surface area contributed by atoms with Crippen molar-refractivity contribution in [1.82, 2.24) is 20.0 Å². The monoisotopic (exact) mass is 232 g/mol. The molecular formula is C11H12N4O2. The molecule has 0 aliphatic carbocycles. The molecule has 0 radical (unpaired) electrons. The molecule has 2 rings (SSSR count). The second-order valence-corrected chi connectivity index (χ2v) is 3.32. The lowest BCUT2D eigenvalue weighted by molar-refractivity contribution is 0.0987. The zero-order valence-corrected chi connectivity index (χ0v) is 9.62. The molecule has 6 nitrogen and oxygen atoms in total. The summed E-state index contributed by atoms with van der Waals surface area (Å²) >= 11 is 0. The third-order valence-electron chi connectivity index (χ3n) is 2.29. The quantitative estimate of drug-likeness (QED) is 0.742. The average Bonchev–Trinajstić information content (AvgIpc) is 2.91. The molecule has 2 aromatic rings. The van der Waals surface area contributed by atoms with Crippen LogP contribution in [0.4, 0.5) is 0 Å². The van der Waals surface area contributed by atoms with E-state index in [2.05, 4.69) is 15.2 Å². The molecule has 0 fully saturated rings. The van der Waals surface area contributed by atoms with E-state index < -0.39 is 0 Å². The molecule has 0 saturated carbocycles. The first-order chi connectivity index (χ1) is 8.26. The normalized spacial score (nSPS) is 10.2. The highest BCUT2D eigenvalue weighted by Crippen LogP contribution is 2.17. The molecule has 0 N–H and O–H groups in total. The maximum Gasteiger partial charge on any atom is 0.215 e. The van der Waals surface area contributed by atoms with Gasteiger partial charge in [0.2, 0.25) is 5.88 Å². The van der Waals surface area contributed by atoms with Crippen molar-refractivity contribution >= 4 is 5.78 Å². The van der Waals surface area contributed by atoms with Crippen LogP contribution >= 0.6 is 0 Å². The molecular weight excluding hydrogens is 220 g/mol. The standard InChI is InChI=1S/C11H12N4O2/c1-3-9(16)8-4-5-10(17-2)14-11(8)15-12-6-7-13-15/h4-7H,3H2,1-2H3. The Kier molecular flexibility index (Phi) is 3.13. The first-order valence-corrected chi connectivity index (χ1v) is 5.21. The maximum absolute atomic E-state index is 11.8. The molecule has 0 aliphatic rings. The second kappa shape index (κ2) is 4.73. The number of hydrogen-bond donors (Lipinski definition) is 0. The van der Waals surface area contributed by atoms with Crippen LogP contribution in [0.15, 0.2) is 24.5 Å². The Morgan fingerprint density at radius 1 is 1.35 bits per heavy atom. The van der Waals surface area contributed by atoms with Gasteiger partial charge in [-0.25, -0.2) is 0 Å². The predicted molar refractivity (Wildman–Crippen MR) is 60.3 cm³/mol. The topological polar surface area (TPSA) is 69.9 Å². The number of aromatic nitrogens is 4. The number of ether oxygens (including phenoxy) is 1. The minimum atomic E-state index is -0.00699. The van der Waals surface area contributed by atoms with Crippen LogP contribution in [-0.2, 0) is 0 Å². The molecule has 2 aromatic heterocycles. The summed E-state index contributed by atoms with van der Waals surface area (Å²) < 4.78 is 5.03. The summed E-state index contributed by atoms with van der Waals surface area (Å²) in [7, 11) is 1.52. The SMILES string of the molecule is CCC(=O)c1ccc(OC)nc1-n1nccn1. The Balaban J connectivity index is 2.56. The predicted octanol–water partition coefficient (Wildman–Crippen LogP) is 1.26. The number of carbonyl (C=O) groups excluding carboxylic acids is 1. The van der Waals surface area contributed by atoms with Crippen LogP contribution in [0.1, 0.15) is 23.7 Å². The number of rotatable bonds is 4. The van der Waals surface area contributed by atoms with Gasteiger partial charge < -0.3 is 4.74 Å². The second-order valence-electron chi connectivity index (χ2n) is 3.32. The number of pyridine rings is 1. The highest BCUT2D eigenvalue weighted by Gasteiger charge is 2.15. The van der Waals surface area contributed by atoms with Crippen LogP contribution < -0.4 is 4.74 Å². The van der Waals surface area contributed by atoms with Gasteiger partial charge in [0, 0.05) is 12.5 Å². The van der Waals surface area contributed by atoms with Crippen molar-refractivity contribution in [2.24, 2.45) is 0 Å². The van der Waals surface area contributed by atoms with Crippen molar-refractivity contribution in [2.75, 3.05) is 7.11 Å². The fourth-order valence-electron chi connectivity index (χ4n) is 1.43. The minimum Gasteiger partial charge on any atom is -0.481 e. The fraction of sp³-hybridized carbons (Fsp3) is 0.273. The molecule has 0 aliphatic heterocycles. The summed E-state index contributed by atoms with van der Waals surface area (Å²) in [5.41, 5.74) is 0.490. The Labute approximate surface area is 98.2 Å². The summed E-state index contributed by atoms with van der Waals surface area (Å²) in [5.74, 6) is 0.804. The van der Waals surface area contributed by atoms with Gasteiger partial charge in [-0.1, -0.05) is 6.92 Å². The lowest BCUT2D eigenvalue weighted by atomic mass is 10.1. The Hall–Kier alpha value is -2.24. The van der Waals surface area contributed by atoms with Gasteiger partial charge >= 0.3 is 0 Å². The summed E-state index contributed by atoms with van der Waals surface area (Å²) in [5, 5.41) is 7.95. The van der Waals surface area contributed by atoms with E-state index in [1.165, 1.54) is 24.3 Å². The third-order valence-corrected chi connectivity index (χ3v) is 2.29. The van der Waals surface area contributed by atoms with Gasteiger partial charge in [-0.2, -0.15) is 15.2 Å². The number of ketones is 1. The third kappa shape index (κ3) is 2.15. The zero-order chi connectivity index (χ0) is 12.3. The molecule has 88 valence electrons. The van der Waals surface area contributed by atoms with E-state index in [1.54, 1.807) is 19.1 Å². The molecule has 0 aromatic carbocycles. The Morgan fingerprint density at radius 3 is 2.65 bits per heavy atom. The molecule has 2 heterocycles. The highest BCUT2D eigenvalue weighted by atomic mass is 16.5. The van der Waals surface area contributed by atoms with Crippen LogP contribution in [0, 0.1) is 0 Å². The minimum absolute atomic E-state index is 0.00699. The molecule has 17 heavy (non-hydrogen) atoms. The van der Waals surface area contributed by atoms with E-state index >= 15 is 0 Å². The highest BCUT2D eigenvalue weighted by molar-refractivity contribution is 5.98. The molecule has 0 bridgehead atoms. The number of hydrogen-bond acceptors (Lipinski definition) is 5. The van der Waals surface area contributed by atoms with Gasteiger partial charge in [-0.3, -0.25) is 4.79 Å². The largest absolute Gasteiger partial charge is 0.481 e. The van der Waals surface area contributed by atoms with Gasteiger partial charge in [0.15, 0.2) is 11.6 Å². The number of carbonyl (C=O) groups is 1. The zero-order valence-electron chi connectivity index (χ0n) is 9.62. The van der Waals surface area contributed by atoms with Crippen molar-refractivity contribution in [2.45, 2.75) is 13.3 Å². The molecule has 0 spiro atoms. The van der Waals surface area contributed by atoms with E-state index in [4.69, 9.17) is 4.74 Å². The molecule has 0 saturated heterocycles. The lowest BCUT2D eigenvalue weighted by Crippen LogP contribution is -2.10. The van der Waals surface area contributed by atoms with Crippen LogP contribution in [-0.4, -0.2) is 32.9 Å². The van der Waals surface area contributed by atoms with Crippen LogP contribution in [0.25, 0.3) is 5.82 Å². The summed E-state index contributed by atoms with van der Waals surface area (Å²) in [6.45, 7) is 1.80. The van der Waals surface area contributed by atoms with Crippen molar-refractivity contribution < 1.29 is 9.53 Å². The maximum atomic E-state index is 11.8. The number of methoxy groups -OCH3 is 1. The van der Waals surface area contributed by atoms with Crippen LogP contribution in [0.5, 0.6) is 5.88 Å². The van der Waals surface area contributed by atoms with Crippen LogP contribution in [0.3, 0.4) is 0 Å². The van der Waals surface area contributed by atoms with Crippen molar-refractivity contribution in [3.8, 4) is 11.7 Å². The van der Waals surface area contributed by atoms with E-state index in [1.807, 2.05) is 0 Å². The first-order valence-electron chi connectivity index (χ1n) is 5.21. The van der Waals surface area contributed by atoms with Gasteiger partial charge in [0.25, 0.3) is 0 Å². The summed E-state index contributed by atoms with van der Waals surface area (Å²) in [6.07, 6.45) is 3.46. The number of nitrogens with zero attached hydrogens (tertiary/aromatic N) is 4. The number of Topliss-reactive ketones (excluding diaryl/α,β-unsaturated/α-hetero) is 1. The Morgan fingerprint density at radius 2 is 2.06 bits per heavy atom. The van der Waals surface area contributed by atoms with Crippen LogP contribution in [0.2, 0.25) is 0 Å². The molecule has 0 unspecified atom stereocenters. The fourth-order valence-corrected chi connectivity index (χ4v) is 1.43. The smallest absolute Gasteiger partial charge is 0.215 e. The lowest BCUT2D eigenvalue weighted by Gasteiger charge is -2.07. The van der Waals surface area contributed by atoms with Gasteiger partial charge in [-0.05, 0) is 6.07 Å². The van der Waals surface area contributed by atoms with E-state index in [0.717, 1.165) is 0 Å². The van der Waals surface area contributed by atoms with Crippen molar-refractivity contribution in [1.29, 1.82) is 0 Å². The van der Waals surface area contributed by atoms with E-state index in [9.17, 15) is 4.79 Å². The van der Waals surface area contributed by atoms with Gasteiger partial charge in [0.05, 0.1) is 25.1 Å². The first kappa shape index (κ1) is 11.3. The molecule has 0 atom stereocenters. The average molecular weight is 232 g/mol. The summed E-state index contributed by atoms with van der Waals surface area (Å²) in [4.78, 5) is 17.3. The molecule has 6 heteroatoms.